The molecule has 0 spiro atoms. The van der Waals surface area contributed by atoms with E-state index in [4.69, 9.17) is 9.47 Å². The number of benzene rings is 1. The van der Waals surface area contributed by atoms with Crippen molar-refractivity contribution in [2.75, 3.05) is 13.2 Å². The van der Waals surface area contributed by atoms with Crippen molar-refractivity contribution in [1.82, 2.24) is 5.32 Å². The van der Waals surface area contributed by atoms with Crippen molar-refractivity contribution in [2.24, 2.45) is 5.92 Å². The zero-order valence-electron chi connectivity index (χ0n) is 16.7. The van der Waals surface area contributed by atoms with Gasteiger partial charge >= 0.3 is 6.18 Å². The molecule has 2 rings (SSSR count). The van der Waals surface area contributed by atoms with Gasteiger partial charge in [0.1, 0.15) is 6.10 Å². The van der Waals surface area contributed by atoms with Crippen molar-refractivity contribution in [3.8, 4) is 0 Å². The van der Waals surface area contributed by atoms with Crippen LogP contribution in [0.1, 0.15) is 63.6 Å². The van der Waals surface area contributed by atoms with E-state index in [0.29, 0.717) is 25.2 Å². The quantitative estimate of drug-likeness (QED) is 0.675. The van der Waals surface area contributed by atoms with Gasteiger partial charge in [-0.3, -0.25) is 4.79 Å². The number of carbonyl (C=O) groups is 1. The molecule has 4 nitrogen and oxygen atoms in total. The van der Waals surface area contributed by atoms with Crippen LogP contribution in [0.4, 0.5) is 13.2 Å². The predicted octanol–water partition coefficient (Wildman–Crippen LogP) is 4.88. The Kier molecular flexibility index (Phi) is 8.31. The highest BCUT2D eigenvalue weighted by Crippen LogP contribution is 2.32. The maximum Gasteiger partial charge on any atom is 0.416 e. The van der Waals surface area contributed by atoms with Crippen molar-refractivity contribution < 1.29 is 27.4 Å². The minimum atomic E-state index is -4.42. The number of amides is 1. The van der Waals surface area contributed by atoms with Crippen LogP contribution in [-0.2, 0) is 20.4 Å². The summed E-state index contributed by atoms with van der Waals surface area (Å²) >= 11 is 0. The first kappa shape index (κ1) is 22.7. The van der Waals surface area contributed by atoms with E-state index in [2.05, 4.69) is 5.32 Å². The topological polar surface area (TPSA) is 47.6 Å². The van der Waals surface area contributed by atoms with Gasteiger partial charge in [-0.1, -0.05) is 26.0 Å². The number of ether oxygens (including phenoxy) is 2. The Morgan fingerprint density at radius 2 is 2.04 bits per heavy atom. The summed E-state index contributed by atoms with van der Waals surface area (Å²) < 4.78 is 50.4. The van der Waals surface area contributed by atoms with Crippen molar-refractivity contribution in [3.63, 3.8) is 0 Å². The van der Waals surface area contributed by atoms with Gasteiger partial charge in [0.15, 0.2) is 0 Å². The van der Waals surface area contributed by atoms with Crippen LogP contribution in [0.2, 0.25) is 0 Å². The SMILES string of the molecule is CC(C)CC(NC(=O)C(C)OCC1CCCCO1)c1cccc(C(F)(F)F)c1. The Morgan fingerprint density at radius 3 is 2.64 bits per heavy atom. The third kappa shape index (κ3) is 7.09. The third-order valence-corrected chi connectivity index (χ3v) is 4.82. The molecular weight excluding hydrogens is 371 g/mol. The van der Waals surface area contributed by atoms with Gasteiger partial charge in [-0.15, -0.1) is 0 Å². The summed E-state index contributed by atoms with van der Waals surface area (Å²) in [4.78, 5) is 12.6. The maximum absolute atomic E-state index is 13.0. The number of alkyl halides is 3. The second kappa shape index (κ2) is 10.3. The first-order valence-electron chi connectivity index (χ1n) is 9.87. The molecule has 1 aliphatic rings. The van der Waals surface area contributed by atoms with Crippen LogP contribution in [-0.4, -0.2) is 31.3 Å². The molecular formula is C21H30F3NO3. The molecule has 0 aliphatic carbocycles. The summed E-state index contributed by atoms with van der Waals surface area (Å²) in [6, 6.07) is 4.62. The molecule has 1 saturated heterocycles. The minimum Gasteiger partial charge on any atom is -0.376 e. The molecule has 1 amide bonds. The van der Waals surface area contributed by atoms with Crippen LogP contribution in [0.3, 0.4) is 0 Å². The Labute approximate surface area is 164 Å². The molecule has 0 saturated carbocycles. The van der Waals surface area contributed by atoms with Crippen molar-refractivity contribution in [3.05, 3.63) is 35.4 Å². The highest BCUT2D eigenvalue weighted by atomic mass is 19.4. The van der Waals surface area contributed by atoms with E-state index < -0.39 is 23.9 Å². The van der Waals surface area contributed by atoms with Gasteiger partial charge in [0.2, 0.25) is 5.91 Å². The van der Waals surface area contributed by atoms with Crippen molar-refractivity contribution >= 4 is 5.91 Å². The van der Waals surface area contributed by atoms with Crippen molar-refractivity contribution in [2.45, 2.75) is 70.9 Å². The lowest BCUT2D eigenvalue weighted by Gasteiger charge is -2.26. The summed E-state index contributed by atoms with van der Waals surface area (Å²) in [6.45, 7) is 6.63. The molecule has 1 N–H and O–H groups in total. The fraction of sp³-hybridized carbons (Fsp3) is 0.667. The van der Waals surface area contributed by atoms with E-state index in [1.165, 1.54) is 6.07 Å². The average molecular weight is 401 g/mol. The van der Waals surface area contributed by atoms with Crippen LogP contribution in [0.15, 0.2) is 24.3 Å². The Bertz CT molecular complexity index is 628. The van der Waals surface area contributed by atoms with Gasteiger partial charge < -0.3 is 14.8 Å². The second-order valence-electron chi connectivity index (χ2n) is 7.78. The first-order chi connectivity index (χ1) is 13.2. The summed E-state index contributed by atoms with van der Waals surface area (Å²) in [5.74, 6) is -0.134. The molecule has 1 fully saturated rings. The Balaban J connectivity index is 2.01. The number of hydrogen-bond donors (Lipinski definition) is 1. The van der Waals surface area contributed by atoms with E-state index in [0.717, 1.165) is 31.4 Å². The van der Waals surface area contributed by atoms with Gasteiger partial charge in [-0.05, 0) is 56.2 Å². The zero-order valence-corrected chi connectivity index (χ0v) is 16.7. The average Bonchev–Trinajstić information content (AvgIpc) is 2.65. The normalized spacial score (nSPS) is 20.0. The van der Waals surface area contributed by atoms with E-state index >= 15 is 0 Å². The second-order valence-corrected chi connectivity index (χ2v) is 7.78. The summed E-state index contributed by atoms with van der Waals surface area (Å²) in [7, 11) is 0. The van der Waals surface area contributed by atoms with E-state index in [9.17, 15) is 18.0 Å². The highest BCUT2D eigenvalue weighted by Gasteiger charge is 2.31. The number of halogens is 3. The van der Waals surface area contributed by atoms with Gasteiger partial charge in [0, 0.05) is 6.61 Å². The lowest BCUT2D eigenvalue weighted by molar-refractivity contribution is -0.137. The van der Waals surface area contributed by atoms with Gasteiger partial charge in [0.05, 0.1) is 24.3 Å². The molecule has 1 aliphatic heterocycles. The molecule has 1 aromatic rings. The summed E-state index contributed by atoms with van der Waals surface area (Å²) in [5.41, 5.74) is -0.272. The lowest BCUT2D eigenvalue weighted by Crippen LogP contribution is -2.39. The fourth-order valence-corrected chi connectivity index (χ4v) is 3.24. The van der Waals surface area contributed by atoms with Gasteiger partial charge in [-0.25, -0.2) is 0 Å². The van der Waals surface area contributed by atoms with Crippen LogP contribution in [0.5, 0.6) is 0 Å². The molecule has 0 bridgehead atoms. The number of nitrogens with one attached hydrogen (secondary N) is 1. The smallest absolute Gasteiger partial charge is 0.376 e. The molecule has 1 heterocycles. The largest absolute Gasteiger partial charge is 0.416 e. The summed E-state index contributed by atoms with van der Waals surface area (Å²) in [6.07, 6.45) is -1.55. The van der Waals surface area contributed by atoms with Crippen LogP contribution >= 0.6 is 0 Å². The number of rotatable bonds is 8. The Hall–Kier alpha value is -1.60. The molecule has 0 radical (unpaired) electrons. The minimum absolute atomic E-state index is 0.000992. The Morgan fingerprint density at radius 1 is 1.29 bits per heavy atom. The predicted molar refractivity (Wildman–Crippen MR) is 101 cm³/mol. The third-order valence-electron chi connectivity index (χ3n) is 4.82. The van der Waals surface area contributed by atoms with Crippen LogP contribution in [0, 0.1) is 5.92 Å². The van der Waals surface area contributed by atoms with E-state index in [-0.39, 0.29) is 17.9 Å². The molecule has 3 atom stereocenters. The fourth-order valence-electron chi connectivity index (χ4n) is 3.24. The molecule has 7 heteroatoms. The zero-order chi connectivity index (χ0) is 20.7. The molecule has 3 unspecified atom stereocenters. The van der Waals surface area contributed by atoms with Crippen molar-refractivity contribution in [1.29, 1.82) is 0 Å². The first-order valence-corrected chi connectivity index (χ1v) is 9.87. The molecule has 0 aromatic heterocycles. The molecule has 158 valence electrons. The lowest BCUT2D eigenvalue weighted by atomic mass is 9.95. The molecule has 1 aromatic carbocycles. The van der Waals surface area contributed by atoms with Gasteiger partial charge in [-0.2, -0.15) is 13.2 Å². The monoisotopic (exact) mass is 401 g/mol. The van der Waals surface area contributed by atoms with E-state index in [1.807, 2.05) is 13.8 Å². The standard InChI is InChI=1S/C21H30F3NO3/c1-14(2)11-19(16-7-6-8-17(12-16)21(22,23)24)25-20(26)15(3)28-13-18-9-4-5-10-27-18/h6-8,12,14-15,18-19H,4-5,9-11,13H2,1-3H3,(H,25,26). The van der Waals surface area contributed by atoms with Gasteiger partial charge in [0.25, 0.3) is 0 Å². The molecule has 28 heavy (non-hydrogen) atoms. The number of hydrogen-bond acceptors (Lipinski definition) is 3. The summed E-state index contributed by atoms with van der Waals surface area (Å²) in [5, 5.41) is 2.86. The van der Waals surface area contributed by atoms with Crippen LogP contribution < -0.4 is 5.32 Å². The van der Waals surface area contributed by atoms with Crippen LogP contribution in [0.25, 0.3) is 0 Å². The highest BCUT2D eigenvalue weighted by molar-refractivity contribution is 5.80. The maximum atomic E-state index is 13.0. The number of carbonyl (C=O) groups excluding carboxylic acids is 1. The van der Waals surface area contributed by atoms with E-state index in [1.54, 1.807) is 13.0 Å².